The summed E-state index contributed by atoms with van der Waals surface area (Å²) < 4.78 is 28.0. The molecule has 28 heavy (non-hydrogen) atoms. The molecule has 3 rings (SSSR count). The standard InChI is InChI=1S/C21H23BrN2O3S/c22-19-7-3-4-8-20(19)23-21(25)14-11-17-9-12-18(13-10-17)28(26,27)24-15-5-1-2-6-16-24/h3-4,7-14H,1-2,5-6,15-16H2,(H,23,25)/b14-11+. The van der Waals surface area contributed by atoms with Gasteiger partial charge in [-0.25, -0.2) is 8.42 Å². The van der Waals surface area contributed by atoms with Gasteiger partial charge in [-0.05, 0) is 64.7 Å². The van der Waals surface area contributed by atoms with E-state index in [9.17, 15) is 13.2 Å². The molecule has 0 unspecified atom stereocenters. The number of anilines is 1. The van der Waals surface area contributed by atoms with E-state index in [2.05, 4.69) is 21.2 Å². The van der Waals surface area contributed by atoms with E-state index in [1.165, 1.54) is 6.08 Å². The molecular formula is C21H23BrN2O3S. The van der Waals surface area contributed by atoms with Crippen LogP contribution in [0.5, 0.6) is 0 Å². The van der Waals surface area contributed by atoms with E-state index in [1.807, 2.05) is 18.2 Å². The second-order valence-corrected chi connectivity index (χ2v) is 9.48. The van der Waals surface area contributed by atoms with Crippen LogP contribution < -0.4 is 5.32 Å². The summed E-state index contributed by atoms with van der Waals surface area (Å²) in [5.74, 6) is -0.256. The average molecular weight is 463 g/mol. The largest absolute Gasteiger partial charge is 0.321 e. The van der Waals surface area contributed by atoms with Crippen LogP contribution in [0.3, 0.4) is 0 Å². The van der Waals surface area contributed by atoms with Gasteiger partial charge in [0.2, 0.25) is 15.9 Å². The molecule has 1 fully saturated rings. The lowest BCUT2D eigenvalue weighted by atomic mass is 10.2. The number of benzene rings is 2. The number of carbonyl (C=O) groups is 1. The van der Waals surface area contributed by atoms with Crippen LogP contribution in [0.2, 0.25) is 0 Å². The molecule has 0 aromatic heterocycles. The van der Waals surface area contributed by atoms with Crippen LogP contribution in [0, 0.1) is 0 Å². The summed E-state index contributed by atoms with van der Waals surface area (Å²) in [6.45, 7) is 1.17. The third-order valence-electron chi connectivity index (χ3n) is 4.64. The third-order valence-corrected chi connectivity index (χ3v) is 7.25. The quantitative estimate of drug-likeness (QED) is 0.656. The van der Waals surface area contributed by atoms with Crippen molar-refractivity contribution in [3.05, 3.63) is 64.6 Å². The second-order valence-electron chi connectivity index (χ2n) is 6.69. The summed E-state index contributed by atoms with van der Waals surface area (Å²) in [6, 6.07) is 14.0. The molecule has 1 aliphatic heterocycles. The molecular weight excluding hydrogens is 440 g/mol. The van der Waals surface area contributed by atoms with E-state index in [4.69, 9.17) is 0 Å². The molecule has 0 spiro atoms. The Morgan fingerprint density at radius 1 is 0.964 bits per heavy atom. The Morgan fingerprint density at radius 3 is 2.25 bits per heavy atom. The fourth-order valence-corrected chi connectivity index (χ4v) is 4.99. The van der Waals surface area contributed by atoms with Gasteiger partial charge in [0.25, 0.3) is 0 Å². The van der Waals surface area contributed by atoms with Crippen molar-refractivity contribution < 1.29 is 13.2 Å². The molecule has 1 heterocycles. The molecule has 0 atom stereocenters. The third kappa shape index (κ3) is 5.31. The predicted molar refractivity (Wildman–Crippen MR) is 115 cm³/mol. The van der Waals surface area contributed by atoms with Crippen molar-refractivity contribution in [3.8, 4) is 0 Å². The van der Waals surface area contributed by atoms with Crippen molar-refractivity contribution >= 4 is 43.6 Å². The van der Waals surface area contributed by atoms with Gasteiger partial charge < -0.3 is 5.32 Å². The minimum atomic E-state index is -3.45. The maximum Gasteiger partial charge on any atom is 0.248 e. The van der Waals surface area contributed by atoms with Gasteiger partial charge in [0, 0.05) is 23.6 Å². The summed E-state index contributed by atoms with van der Waals surface area (Å²) in [6.07, 6.45) is 7.07. The first-order valence-electron chi connectivity index (χ1n) is 9.30. The summed E-state index contributed by atoms with van der Waals surface area (Å²) in [7, 11) is -3.45. The maximum absolute atomic E-state index is 12.8. The summed E-state index contributed by atoms with van der Waals surface area (Å²) >= 11 is 3.39. The Hall–Kier alpha value is -1.96. The molecule has 2 aromatic rings. The van der Waals surface area contributed by atoms with Crippen LogP contribution >= 0.6 is 15.9 Å². The van der Waals surface area contributed by atoms with E-state index >= 15 is 0 Å². The second kappa shape index (κ2) is 9.49. The fraction of sp³-hybridized carbons (Fsp3) is 0.286. The molecule has 1 N–H and O–H groups in total. The Morgan fingerprint density at radius 2 is 1.61 bits per heavy atom. The Bertz CT molecular complexity index is 948. The van der Waals surface area contributed by atoms with E-state index in [1.54, 1.807) is 40.7 Å². The Kier molecular flexibility index (Phi) is 7.04. The van der Waals surface area contributed by atoms with Crippen LogP contribution in [0.4, 0.5) is 5.69 Å². The zero-order valence-electron chi connectivity index (χ0n) is 15.5. The van der Waals surface area contributed by atoms with Gasteiger partial charge in [-0.3, -0.25) is 4.79 Å². The summed E-state index contributed by atoms with van der Waals surface area (Å²) in [5.41, 5.74) is 1.45. The predicted octanol–water partition coefficient (Wildman–Crippen LogP) is 4.67. The van der Waals surface area contributed by atoms with Crippen molar-refractivity contribution in [2.75, 3.05) is 18.4 Å². The number of rotatable bonds is 5. The topological polar surface area (TPSA) is 66.5 Å². The van der Waals surface area contributed by atoms with Gasteiger partial charge in [0.1, 0.15) is 0 Å². The van der Waals surface area contributed by atoms with Crippen molar-refractivity contribution in [1.29, 1.82) is 0 Å². The number of para-hydroxylation sites is 1. The SMILES string of the molecule is O=C(/C=C/c1ccc(S(=O)(=O)N2CCCCCC2)cc1)Nc1ccccc1Br. The lowest BCUT2D eigenvalue weighted by molar-refractivity contribution is -0.111. The van der Waals surface area contributed by atoms with Crippen LogP contribution in [0.25, 0.3) is 6.08 Å². The first-order chi connectivity index (χ1) is 13.5. The molecule has 0 bridgehead atoms. The normalized spacial score (nSPS) is 16.0. The van der Waals surface area contributed by atoms with Crippen molar-refractivity contribution in [2.24, 2.45) is 0 Å². The monoisotopic (exact) mass is 462 g/mol. The molecule has 2 aromatic carbocycles. The first kappa shape index (κ1) is 20.8. The van der Waals surface area contributed by atoms with E-state index < -0.39 is 10.0 Å². The van der Waals surface area contributed by atoms with Crippen molar-refractivity contribution in [3.63, 3.8) is 0 Å². The molecule has 1 saturated heterocycles. The van der Waals surface area contributed by atoms with Gasteiger partial charge in [0.05, 0.1) is 10.6 Å². The van der Waals surface area contributed by atoms with Gasteiger partial charge in [-0.2, -0.15) is 4.31 Å². The number of halogens is 1. The van der Waals surface area contributed by atoms with Crippen molar-refractivity contribution in [2.45, 2.75) is 30.6 Å². The molecule has 1 amide bonds. The van der Waals surface area contributed by atoms with Gasteiger partial charge >= 0.3 is 0 Å². The molecule has 0 aliphatic carbocycles. The maximum atomic E-state index is 12.8. The number of amides is 1. The lowest BCUT2D eigenvalue weighted by Crippen LogP contribution is -2.31. The van der Waals surface area contributed by atoms with Gasteiger partial charge in [0.15, 0.2) is 0 Å². The number of carbonyl (C=O) groups excluding carboxylic acids is 1. The highest BCUT2D eigenvalue weighted by Gasteiger charge is 2.24. The number of nitrogens with one attached hydrogen (secondary N) is 1. The summed E-state index contributed by atoms with van der Waals surface area (Å²) in [4.78, 5) is 12.4. The molecule has 5 nitrogen and oxygen atoms in total. The number of nitrogens with zero attached hydrogens (tertiary/aromatic N) is 1. The first-order valence-corrected chi connectivity index (χ1v) is 11.5. The van der Waals surface area contributed by atoms with E-state index in [0.29, 0.717) is 23.7 Å². The minimum absolute atomic E-state index is 0.256. The number of sulfonamides is 1. The molecule has 148 valence electrons. The zero-order valence-corrected chi connectivity index (χ0v) is 17.9. The highest BCUT2D eigenvalue weighted by atomic mass is 79.9. The van der Waals surface area contributed by atoms with Crippen LogP contribution in [-0.2, 0) is 14.8 Å². The minimum Gasteiger partial charge on any atom is -0.321 e. The average Bonchev–Trinajstić information content (AvgIpc) is 2.99. The zero-order chi connectivity index (χ0) is 20.0. The van der Waals surface area contributed by atoms with E-state index in [-0.39, 0.29) is 5.91 Å². The van der Waals surface area contributed by atoms with Crippen LogP contribution in [-0.4, -0.2) is 31.7 Å². The van der Waals surface area contributed by atoms with Crippen molar-refractivity contribution in [1.82, 2.24) is 4.31 Å². The fourth-order valence-electron chi connectivity index (χ4n) is 3.09. The van der Waals surface area contributed by atoms with Gasteiger partial charge in [-0.1, -0.05) is 37.1 Å². The number of hydrogen-bond donors (Lipinski definition) is 1. The smallest absolute Gasteiger partial charge is 0.248 e. The van der Waals surface area contributed by atoms with Crippen LogP contribution in [0.1, 0.15) is 31.2 Å². The Labute approximate surface area is 174 Å². The molecule has 7 heteroatoms. The summed E-state index contributed by atoms with van der Waals surface area (Å²) in [5, 5.41) is 2.79. The van der Waals surface area contributed by atoms with E-state index in [0.717, 1.165) is 35.7 Å². The molecule has 0 saturated carbocycles. The number of hydrogen-bond acceptors (Lipinski definition) is 3. The lowest BCUT2D eigenvalue weighted by Gasteiger charge is -2.19. The van der Waals surface area contributed by atoms with Gasteiger partial charge in [-0.15, -0.1) is 0 Å². The molecule has 0 radical (unpaired) electrons. The highest BCUT2D eigenvalue weighted by molar-refractivity contribution is 9.10. The molecule has 1 aliphatic rings. The highest BCUT2D eigenvalue weighted by Crippen LogP contribution is 2.22. The van der Waals surface area contributed by atoms with Crippen LogP contribution in [0.15, 0.2) is 64.0 Å². The Balaban J connectivity index is 1.66.